The van der Waals surface area contributed by atoms with Gasteiger partial charge in [0.2, 0.25) is 0 Å². The Balaban J connectivity index is 0.00000231. The number of rotatable bonds is 2. The van der Waals surface area contributed by atoms with Gasteiger partial charge >= 0.3 is 6.18 Å². The van der Waals surface area contributed by atoms with E-state index in [9.17, 15) is 18.0 Å². The largest absolute Gasteiger partial charge is 0.461 e. The summed E-state index contributed by atoms with van der Waals surface area (Å²) in [5.41, 5.74) is 2.20. The minimum absolute atomic E-state index is 0. The van der Waals surface area contributed by atoms with E-state index in [2.05, 4.69) is 10.3 Å². The van der Waals surface area contributed by atoms with Gasteiger partial charge in [-0.15, -0.1) is 12.4 Å². The SMILES string of the molecule is Cl.O=c1cc(-c2ccc(C(F)(F)F)nc2)ccn1-c1ccc2c3c(oc2c1)CCNC3. The first-order valence-electron chi connectivity index (χ1n) is 9.42. The molecule has 1 N–H and O–H groups in total. The van der Waals surface area contributed by atoms with Crippen LogP contribution in [0.4, 0.5) is 13.2 Å². The van der Waals surface area contributed by atoms with Crippen LogP contribution in [0.2, 0.25) is 0 Å². The van der Waals surface area contributed by atoms with E-state index in [-0.39, 0.29) is 18.0 Å². The molecule has 0 radical (unpaired) electrons. The maximum absolute atomic E-state index is 12.7. The highest BCUT2D eigenvalue weighted by molar-refractivity contribution is 5.85. The number of fused-ring (bicyclic) bond motifs is 3. The molecule has 0 aliphatic carbocycles. The second-order valence-corrected chi connectivity index (χ2v) is 7.16. The van der Waals surface area contributed by atoms with Gasteiger partial charge in [-0.3, -0.25) is 14.3 Å². The van der Waals surface area contributed by atoms with Crippen molar-refractivity contribution in [1.82, 2.24) is 14.9 Å². The zero-order valence-corrected chi connectivity index (χ0v) is 16.9. The highest BCUT2D eigenvalue weighted by atomic mass is 35.5. The molecule has 4 heterocycles. The van der Waals surface area contributed by atoms with Gasteiger partial charge < -0.3 is 9.73 Å². The summed E-state index contributed by atoms with van der Waals surface area (Å²) in [5, 5.41) is 4.35. The van der Waals surface area contributed by atoms with Crippen LogP contribution in [0.25, 0.3) is 27.8 Å². The second kappa shape index (κ2) is 7.86. The Morgan fingerprint density at radius 2 is 1.90 bits per heavy atom. The van der Waals surface area contributed by atoms with E-state index >= 15 is 0 Å². The van der Waals surface area contributed by atoms with Crippen LogP contribution in [-0.2, 0) is 19.1 Å². The summed E-state index contributed by atoms with van der Waals surface area (Å²) in [7, 11) is 0. The molecule has 1 aliphatic heterocycles. The second-order valence-electron chi connectivity index (χ2n) is 7.16. The lowest BCUT2D eigenvalue weighted by Crippen LogP contribution is -2.22. The lowest BCUT2D eigenvalue weighted by Gasteiger charge is -2.10. The molecule has 5 nitrogen and oxygen atoms in total. The monoisotopic (exact) mass is 447 g/mol. The van der Waals surface area contributed by atoms with Crippen LogP contribution in [0, 0.1) is 0 Å². The molecule has 0 unspecified atom stereocenters. The fourth-order valence-electron chi connectivity index (χ4n) is 3.75. The summed E-state index contributed by atoms with van der Waals surface area (Å²) in [6.07, 6.45) is -0.951. The molecule has 31 heavy (non-hydrogen) atoms. The number of nitrogens with zero attached hydrogens (tertiary/aromatic N) is 2. The summed E-state index contributed by atoms with van der Waals surface area (Å²) < 4.78 is 45.5. The molecule has 5 rings (SSSR count). The van der Waals surface area contributed by atoms with E-state index in [1.54, 1.807) is 12.3 Å². The van der Waals surface area contributed by atoms with Gasteiger partial charge in [0, 0.05) is 60.5 Å². The van der Waals surface area contributed by atoms with Crippen molar-refractivity contribution in [2.75, 3.05) is 6.54 Å². The average molecular weight is 448 g/mol. The van der Waals surface area contributed by atoms with Gasteiger partial charge in [-0.05, 0) is 29.8 Å². The summed E-state index contributed by atoms with van der Waals surface area (Å²) in [6, 6.07) is 10.9. The maximum atomic E-state index is 12.7. The Bertz CT molecular complexity index is 1310. The van der Waals surface area contributed by atoms with Gasteiger partial charge in [0.05, 0.1) is 5.69 Å². The Kier molecular flexibility index (Phi) is 5.36. The van der Waals surface area contributed by atoms with Crippen LogP contribution in [0.5, 0.6) is 0 Å². The first-order chi connectivity index (χ1) is 14.4. The summed E-state index contributed by atoms with van der Waals surface area (Å²) >= 11 is 0. The number of halogens is 4. The van der Waals surface area contributed by atoms with Gasteiger partial charge in [0.15, 0.2) is 0 Å². The third kappa shape index (κ3) is 3.84. The molecule has 0 atom stereocenters. The van der Waals surface area contributed by atoms with Gasteiger partial charge in [0.25, 0.3) is 5.56 Å². The Morgan fingerprint density at radius 3 is 2.61 bits per heavy atom. The first kappa shape index (κ1) is 21.1. The number of pyridine rings is 2. The van der Waals surface area contributed by atoms with Crippen molar-refractivity contribution in [3.05, 3.63) is 82.2 Å². The molecule has 0 spiro atoms. The molecule has 3 aromatic heterocycles. The number of aromatic nitrogens is 2. The van der Waals surface area contributed by atoms with E-state index in [4.69, 9.17) is 4.42 Å². The predicted octanol–water partition coefficient (Wildman–Crippen LogP) is 4.73. The smallest absolute Gasteiger partial charge is 0.433 e. The van der Waals surface area contributed by atoms with Crippen molar-refractivity contribution < 1.29 is 17.6 Å². The van der Waals surface area contributed by atoms with Crippen molar-refractivity contribution in [1.29, 1.82) is 0 Å². The predicted molar refractivity (Wildman–Crippen MR) is 113 cm³/mol. The summed E-state index contributed by atoms with van der Waals surface area (Å²) in [5.74, 6) is 0.971. The van der Waals surface area contributed by atoms with E-state index in [0.29, 0.717) is 16.8 Å². The van der Waals surface area contributed by atoms with Gasteiger partial charge in [-0.2, -0.15) is 13.2 Å². The van der Waals surface area contributed by atoms with Crippen LogP contribution < -0.4 is 10.9 Å². The normalized spacial score (nSPS) is 13.6. The first-order valence-corrected chi connectivity index (χ1v) is 9.42. The number of hydrogen-bond acceptors (Lipinski definition) is 4. The molecule has 9 heteroatoms. The number of furan rings is 1. The molecule has 0 fully saturated rings. The fourth-order valence-corrected chi connectivity index (χ4v) is 3.75. The standard InChI is InChI=1S/C22H16F3N3O2.ClH/c23-22(24,25)20-4-1-14(11-27-20)13-6-8-28(21(29)9-13)15-2-3-16-17-12-26-7-5-18(17)30-19(16)10-15;/h1-4,6,8-11,26H,5,7,12H2;1H. The molecule has 1 aliphatic rings. The van der Waals surface area contributed by atoms with Crippen LogP contribution in [0.1, 0.15) is 17.0 Å². The lowest BCUT2D eigenvalue weighted by molar-refractivity contribution is -0.141. The Morgan fingerprint density at radius 1 is 1.06 bits per heavy atom. The quantitative estimate of drug-likeness (QED) is 0.482. The molecule has 0 saturated carbocycles. The fraction of sp³-hybridized carbons (Fsp3) is 0.182. The van der Waals surface area contributed by atoms with E-state index in [0.717, 1.165) is 54.1 Å². The van der Waals surface area contributed by atoms with E-state index < -0.39 is 11.9 Å². The third-order valence-electron chi connectivity index (χ3n) is 5.28. The van der Waals surface area contributed by atoms with E-state index in [1.807, 2.05) is 18.2 Å². The van der Waals surface area contributed by atoms with Crippen molar-refractivity contribution >= 4 is 23.4 Å². The number of benzene rings is 1. The molecule has 1 aromatic carbocycles. The summed E-state index contributed by atoms with van der Waals surface area (Å²) in [4.78, 5) is 16.1. The van der Waals surface area contributed by atoms with Crippen LogP contribution in [-0.4, -0.2) is 16.1 Å². The summed E-state index contributed by atoms with van der Waals surface area (Å²) in [6.45, 7) is 1.64. The average Bonchev–Trinajstić information content (AvgIpc) is 3.11. The highest BCUT2D eigenvalue weighted by Crippen LogP contribution is 2.30. The lowest BCUT2D eigenvalue weighted by atomic mass is 10.1. The zero-order chi connectivity index (χ0) is 20.9. The minimum Gasteiger partial charge on any atom is -0.461 e. The molecule has 4 aromatic rings. The molecular weight excluding hydrogens is 431 g/mol. The van der Waals surface area contributed by atoms with Crippen LogP contribution in [0.3, 0.4) is 0 Å². The Hall–Kier alpha value is -3.10. The maximum Gasteiger partial charge on any atom is 0.433 e. The van der Waals surface area contributed by atoms with Crippen molar-refractivity contribution in [2.24, 2.45) is 0 Å². The van der Waals surface area contributed by atoms with Gasteiger partial charge in [-0.1, -0.05) is 6.07 Å². The van der Waals surface area contributed by atoms with Crippen LogP contribution >= 0.6 is 12.4 Å². The molecule has 160 valence electrons. The van der Waals surface area contributed by atoms with Crippen molar-refractivity contribution in [3.63, 3.8) is 0 Å². The molecule has 0 saturated heterocycles. The third-order valence-corrected chi connectivity index (χ3v) is 5.28. The zero-order valence-electron chi connectivity index (χ0n) is 16.1. The number of nitrogens with one attached hydrogen (secondary N) is 1. The van der Waals surface area contributed by atoms with E-state index in [1.165, 1.54) is 16.7 Å². The highest BCUT2D eigenvalue weighted by Gasteiger charge is 2.32. The minimum atomic E-state index is -4.50. The Labute approximate surface area is 180 Å². The van der Waals surface area contributed by atoms with Crippen molar-refractivity contribution in [3.8, 4) is 16.8 Å². The van der Waals surface area contributed by atoms with Gasteiger partial charge in [-0.25, -0.2) is 0 Å². The van der Waals surface area contributed by atoms with Crippen LogP contribution in [0.15, 0.2) is 64.1 Å². The molecular formula is C22H17ClF3N3O2. The topological polar surface area (TPSA) is 60.1 Å². The number of alkyl halides is 3. The van der Waals surface area contributed by atoms with Gasteiger partial charge in [0.1, 0.15) is 17.0 Å². The number of hydrogen-bond donors (Lipinski definition) is 1. The van der Waals surface area contributed by atoms with Crippen molar-refractivity contribution in [2.45, 2.75) is 19.1 Å². The molecule has 0 bridgehead atoms. The molecule has 0 amide bonds.